The number of rotatable bonds is 6. The number of hydrogen-bond acceptors (Lipinski definition) is 2. The van der Waals surface area contributed by atoms with Gasteiger partial charge in [-0.15, -0.1) is 5.69 Å². The molecule has 0 N–H and O–H groups in total. The van der Waals surface area contributed by atoms with E-state index in [1.807, 2.05) is 26.1 Å². The second-order valence-electron chi connectivity index (χ2n) is 9.96. The molecule has 0 unspecified atom stereocenters. The van der Waals surface area contributed by atoms with Gasteiger partial charge in [0.1, 0.15) is 0 Å². The first-order valence-corrected chi connectivity index (χ1v) is 12.5. The summed E-state index contributed by atoms with van der Waals surface area (Å²) in [5, 5.41) is 4.84. The second kappa shape index (κ2) is 14.8. The number of aryl methyl sites for hydroxylation is 4. The summed E-state index contributed by atoms with van der Waals surface area (Å²) < 4.78 is 0. The molecule has 2 aromatic carbocycles. The largest absolute Gasteiger partial charge is 1.00 e. The Hall–Kier alpha value is -2.68. The number of allylic oxidation sites excluding steroid dienone is 2. The minimum Gasteiger partial charge on any atom is -0.661 e. The molecule has 4 heteroatoms. The maximum Gasteiger partial charge on any atom is 1.00 e. The van der Waals surface area contributed by atoms with E-state index in [0.29, 0.717) is 11.8 Å². The fraction of sp³-hybridized carbons (Fsp3) is 0.375. The van der Waals surface area contributed by atoms with E-state index in [-0.39, 0.29) is 17.1 Å². The minimum absolute atomic E-state index is 0. The van der Waals surface area contributed by atoms with Crippen LogP contribution in [0.2, 0.25) is 0 Å². The van der Waals surface area contributed by atoms with Gasteiger partial charge in [0.05, 0.1) is 5.69 Å². The molecule has 0 aliphatic rings. The Kier molecular flexibility index (Phi) is 12.9. The topological polar surface area (TPSA) is 39.4 Å². The Morgan fingerprint density at radius 2 is 1.36 bits per heavy atom. The van der Waals surface area contributed by atoms with Gasteiger partial charge in [-0.05, 0) is 75.3 Å². The summed E-state index contributed by atoms with van der Waals surface area (Å²) >= 11 is 0. The molecule has 36 heavy (non-hydrogen) atoms. The first-order chi connectivity index (χ1) is 16.5. The van der Waals surface area contributed by atoms with E-state index in [1.54, 1.807) is 0 Å². The van der Waals surface area contributed by atoms with Crippen molar-refractivity contribution in [3.63, 3.8) is 0 Å². The van der Waals surface area contributed by atoms with E-state index in [0.717, 1.165) is 28.5 Å². The van der Waals surface area contributed by atoms with Crippen molar-refractivity contribution in [2.75, 3.05) is 0 Å². The molecule has 0 saturated heterocycles. The summed E-state index contributed by atoms with van der Waals surface area (Å²) in [5.74, 6) is 0.888. The van der Waals surface area contributed by atoms with Gasteiger partial charge < -0.3 is 5.32 Å². The first-order valence-electron chi connectivity index (χ1n) is 12.5. The van der Waals surface area contributed by atoms with Crippen molar-refractivity contribution < 1.29 is 17.1 Å². The number of nitrogens with zero attached hydrogens (tertiary/aromatic N) is 3. The fourth-order valence-electron chi connectivity index (χ4n) is 4.03. The number of aromatic nitrogens is 1. The summed E-state index contributed by atoms with van der Waals surface area (Å²) in [5.41, 5.74) is 11.5. The smallest absolute Gasteiger partial charge is 0.661 e. The molecule has 0 amide bonds. The molecule has 0 fully saturated rings. The van der Waals surface area contributed by atoms with Crippen LogP contribution in [0, 0.1) is 27.7 Å². The van der Waals surface area contributed by atoms with Crippen LogP contribution in [-0.4, -0.2) is 10.7 Å². The third kappa shape index (κ3) is 9.41. The molecule has 1 heterocycles. The van der Waals surface area contributed by atoms with Crippen LogP contribution < -0.4 is 0 Å². The van der Waals surface area contributed by atoms with Crippen LogP contribution in [0.5, 0.6) is 0 Å². The van der Waals surface area contributed by atoms with Crippen LogP contribution >= 0.6 is 0 Å². The van der Waals surface area contributed by atoms with Gasteiger partial charge in [-0.25, -0.2) is 0 Å². The van der Waals surface area contributed by atoms with Crippen LogP contribution in [0.15, 0.2) is 71.5 Å². The molecule has 3 nitrogen and oxygen atoms in total. The third-order valence-electron chi connectivity index (χ3n) is 5.83. The van der Waals surface area contributed by atoms with Crippen molar-refractivity contribution in [2.45, 2.75) is 81.1 Å². The fourth-order valence-corrected chi connectivity index (χ4v) is 4.03. The van der Waals surface area contributed by atoms with E-state index in [1.165, 1.54) is 27.8 Å². The number of pyridine rings is 1. The van der Waals surface area contributed by atoms with Crippen molar-refractivity contribution in [1.82, 2.24) is 4.98 Å². The maximum absolute atomic E-state index is 5.01. The molecule has 0 aliphatic heterocycles. The first kappa shape index (κ1) is 31.3. The van der Waals surface area contributed by atoms with E-state index in [2.05, 4.69) is 109 Å². The van der Waals surface area contributed by atoms with Gasteiger partial charge in [0.25, 0.3) is 0 Å². The average Bonchev–Trinajstić information content (AvgIpc) is 2.76. The van der Waals surface area contributed by atoms with Gasteiger partial charge in [-0.3, -0.25) is 9.98 Å². The normalized spacial score (nSPS) is 11.7. The van der Waals surface area contributed by atoms with Gasteiger partial charge in [0.2, 0.25) is 0 Å². The Labute approximate surface area is 230 Å². The van der Waals surface area contributed by atoms with Crippen molar-refractivity contribution in [2.24, 2.45) is 4.99 Å². The minimum atomic E-state index is 0. The molecule has 1 aromatic heterocycles. The van der Waals surface area contributed by atoms with Crippen LogP contribution in [0.3, 0.4) is 0 Å². The van der Waals surface area contributed by atoms with Gasteiger partial charge in [-0.1, -0.05) is 88.2 Å². The molecule has 0 spiro atoms. The monoisotopic (exact) mass is 531 g/mol. The Morgan fingerprint density at radius 1 is 0.833 bits per heavy atom. The average molecular weight is 532 g/mol. The number of benzene rings is 2. The standard InChI is InChI=1S/C25H33N2.C7H9N.Cu/c1-16(2)22-13-10-14-23(17(3)4)25(22)27-21(8)15-20(7)26-24-18(5)11-9-12-19(24)6;1-6-3-4-8-7(2)5-6;/h9-17H,1-8H3;3-5H,1-2H3;/q-1;;+1/b20-15-,27-21?;;. The summed E-state index contributed by atoms with van der Waals surface area (Å²) in [4.78, 5) is 9.05. The Morgan fingerprint density at radius 3 is 1.81 bits per heavy atom. The van der Waals surface area contributed by atoms with Crippen molar-refractivity contribution >= 4 is 17.1 Å². The van der Waals surface area contributed by atoms with Crippen LogP contribution in [0.25, 0.3) is 5.32 Å². The molecule has 3 aromatic rings. The van der Waals surface area contributed by atoms with Crippen LogP contribution in [0.1, 0.15) is 86.9 Å². The number of hydrogen-bond donors (Lipinski definition) is 0. The molecule has 0 bridgehead atoms. The van der Waals surface area contributed by atoms with Crippen molar-refractivity contribution in [3.8, 4) is 0 Å². The number of para-hydroxylation sites is 2. The van der Waals surface area contributed by atoms with Crippen molar-refractivity contribution in [1.29, 1.82) is 0 Å². The summed E-state index contributed by atoms with van der Waals surface area (Å²) in [6.07, 6.45) is 3.90. The third-order valence-corrected chi connectivity index (χ3v) is 5.83. The molecule has 0 saturated carbocycles. The predicted molar refractivity (Wildman–Crippen MR) is 154 cm³/mol. The number of aliphatic imine (C=N–C) groups is 1. The van der Waals surface area contributed by atoms with E-state index in [9.17, 15) is 0 Å². The van der Waals surface area contributed by atoms with Gasteiger partial charge >= 0.3 is 17.1 Å². The zero-order chi connectivity index (χ0) is 26.1. The molecule has 0 radical (unpaired) electrons. The van der Waals surface area contributed by atoms with E-state index >= 15 is 0 Å². The zero-order valence-corrected chi connectivity index (χ0v) is 24.5. The van der Waals surface area contributed by atoms with Gasteiger partial charge in [-0.2, -0.15) is 5.70 Å². The van der Waals surface area contributed by atoms with Crippen LogP contribution in [-0.2, 0) is 17.1 Å². The zero-order valence-electron chi connectivity index (χ0n) is 23.6. The summed E-state index contributed by atoms with van der Waals surface area (Å²) in [7, 11) is 0. The van der Waals surface area contributed by atoms with Crippen molar-refractivity contribution in [3.05, 3.63) is 105 Å². The molecule has 196 valence electrons. The SMILES string of the molecule is CC(/C=C(/C)[N-]c1c(C)cccc1C)=Nc1c(C(C)C)cccc1C(C)C.Cc1ccnc(C)c1.[Cu+]. The van der Waals surface area contributed by atoms with E-state index in [4.69, 9.17) is 10.3 Å². The molecule has 3 rings (SSSR count). The van der Waals surface area contributed by atoms with Crippen LogP contribution in [0.4, 0.5) is 11.4 Å². The Balaban J connectivity index is 0.000000611. The quantitative estimate of drug-likeness (QED) is 0.230. The summed E-state index contributed by atoms with van der Waals surface area (Å²) in [6.45, 7) is 21.3. The molecule has 0 atom stereocenters. The second-order valence-corrected chi connectivity index (χ2v) is 9.96. The predicted octanol–water partition coefficient (Wildman–Crippen LogP) is 9.95. The summed E-state index contributed by atoms with van der Waals surface area (Å²) in [6, 6.07) is 16.9. The maximum atomic E-state index is 5.01. The molecule has 0 aliphatic carbocycles. The van der Waals surface area contributed by atoms with E-state index < -0.39 is 0 Å². The van der Waals surface area contributed by atoms with Gasteiger partial charge in [0, 0.05) is 17.6 Å². The Bertz CT molecular complexity index is 1130. The molecular formula is C32H42CuN3. The molecular weight excluding hydrogens is 490 g/mol. The van der Waals surface area contributed by atoms with Gasteiger partial charge in [0.15, 0.2) is 0 Å².